The highest BCUT2D eigenvalue weighted by molar-refractivity contribution is 5.65. The van der Waals surface area contributed by atoms with Crippen LogP contribution in [0.3, 0.4) is 0 Å². The topological polar surface area (TPSA) is 53.5 Å². The van der Waals surface area contributed by atoms with Gasteiger partial charge in [-0.05, 0) is 31.7 Å². The number of likely N-dealkylation sites (N-methyl/N-ethyl adjacent to an activating group) is 1. The predicted octanol–water partition coefficient (Wildman–Crippen LogP) is 2.57. The molecule has 0 saturated carbocycles. The van der Waals surface area contributed by atoms with Crippen molar-refractivity contribution in [2.24, 2.45) is 0 Å². The molecule has 2 aliphatic heterocycles. The molecular formula is C23H30N5O3. The summed E-state index contributed by atoms with van der Waals surface area (Å²) in [6, 6.07) is 7.67. The summed E-state index contributed by atoms with van der Waals surface area (Å²) in [7, 11) is 5.41. The lowest BCUT2D eigenvalue weighted by Crippen LogP contribution is -2.51. The van der Waals surface area contributed by atoms with Crippen LogP contribution in [0.4, 0.5) is 5.69 Å². The Morgan fingerprint density at radius 3 is 2.48 bits per heavy atom. The van der Waals surface area contributed by atoms with E-state index in [4.69, 9.17) is 14.2 Å². The standard InChI is InChI=1S/C23H30N5O3/c1-18-13-21(29-3)22(31-16-19-5-6-23(30-4)24-15-19)14-20(18)26-9-12-28(17-26)27-10-7-25(2)8-11-27/h5-6,9,12-15H,1,7-8,10-11,16-17H2,2-4H3. The molecule has 4 rings (SSSR count). The second kappa shape index (κ2) is 9.45. The molecule has 0 spiro atoms. The van der Waals surface area contributed by atoms with E-state index in [1.807, 2.05) is 24.3 Å². The van der Waals surface area contributed by atoms with Gasteiger partial charge in [0.25, 0.3) is 0 Å². The van der Waals surface area contributed by atoms with Gasteiger partial charge in [-0.1, -0.05) is 0 Å². The number of aromatic nitrogens is 1. The molecule has 0 unspecified atom stereocenters. The van der Waals surface area contributed by atoms with Crippen LogP contribution in [0.1, 0.15) is 11.1 Å². The van der Waals surface area contributed by atoms with Gasteiger partial charge in [-0.25, -0.2) is 9.99 Å². The largest absolute Gasteiger partial charge is 0.493 e. The summed E-state index contributed by atoms with van der Waals surface area (Å²) in [6.45, 7) is 9.56. The first-order valence-corrected chi connectivity index (χ1v) is 10.4. The summed E-state index contributed by atoms with van der Waals surface area (Å²) < 4.78 is 16.7. The summed E-state index contributed by atoms with van der Waals surface area (Å²) in [5.41, 5.74) is 2.84. The van der Waals surface area contributed by atoms with Gasteiger partial charge in [0, 0.05) is 68.2 Å². The molecule has 0 bridgehead atoms. The lowest BCUT2D eigenvalue weighted by atomic mass is 10.1. The van der Waals surface area contributed by atoms with E-state index in [1.54, 1.807) is 20.4 Å². The SMILES string of the molecule is [CH2]c1cc(OC)c(OCc2ccc(OC)nc2)cc1N1C=CN(N2CCN(C)CC2)C1. The maximum absolute atomic E-state index is 6.08. The van der Waals surface area contributed by atoms with Crippen molar-refractivity contribution < 1.29 is 14.2 Å². The molecular weight excluding hydrogens is 394 g/mol. The Morgan fingerprint density at radius 1 is 1.00 bits per heavy atom. The molecule has 3 heterocycles. The fourth-order valence-electron chi connectivity index (χ4n) is 3.71. The molecule has 1 aromatic heterocycles. The van der Waals surface area contributed by atoms with Crippen LogP contribution < -0.4 is 19.1 Å². The minimum atomic E-state index is 0.381. The van der Waals surface area contributed by atoms with E-state index in [0.717, 1.165) is 49.7 Å². The number of ether oxygens (including phenoxy) is 3. The normalized spacial score (nSPS) is 17.3. The van der Waals surface area contributed by atoms with Crippen LogP contribution >= 0.6 is 0 Å². The molecule has 2 aromatic rings. The smallest absolute Gasteiger partial charge is 0.212 e. The first kappa shape index (κ1) is 21.3. The number of hydrazine groups is 1. The number of piperazine rings is 1. The third-order valence-electron chi connectivity index (χ3n) is 5.63. The van der Waals surface area contributed by atoms with Gasteiger partial charge < -0.3 is 24.0 Å². The number of pyridine rings is 1. The molecule has 31 heavy (non-hydrogen) atoms. The Bertz CT molecular complexity index is 910. The minimum Gasteiger partial charge on any atom is -0.493 e. The van der Waals surface area contributed by atoms with Crippen molar-refractivity contribution >= 4 is 5.69 Å². The van der Waals surface area contributed by atoms with Crippen molar-refractivity contribution in [2.45, 2.75) is 6.61 Å². The molecule has 1 aromatic carbocycles. The van der Waals surface area contributed by atoms with Gasteiger partial charge >= 0.3 is 0 Å². The quantitative estimate of drug-likeness (QED) is 0.672. The Morgan fingerprint density at radius 2 is 1.81 bits per heavy atom. The van der Waals surface area contributed by atoms with E-state index in [0.29, 0.717) is 24.0 Å². The molecule has 8 nitrogen and oxygen atoms in total. The zero-order chi connectivity index (χ0) is 21.8. The second-order valence-electron chi connectivity index (χ2n) is 7.74. The van der Waals surface area contributed by atoms with Gasteiger partial charge in [0.2, 0.25) is 5.88 Å². The number of methoxy groups -OCH3 is 2. The molecule has 8 heteroatoms. The molecule has 2 aliphatic rings. The first-order valence-electron chi connectivity index (χ1n) is 10.4. The Balaban J connectivity index is 1.46. The van der Waals surface area contributed by atoms with Crippen molar-refractivity contribution in [1.82, 2.24) is 19.9 Å². The van der Waals surface area contributed by atoms with Crippen molar-refractivity contribution in [1.29, 1.82) is 0 Å². The number of anilines is 1. The van der Waals surface area contributed by atoms with E-state index in [1.165, 1.54) is 0 Å². The molecule has 1 saturated heterocycles. The van der Waals surface area contributed by atoms with Crippen molar-refractivity contribution in [3.05, 3.63) is 60.9 Å². The van der Waals surface area contributed by atoms with Gasteiger partial charge in [-0.3, -0.25) is 5.01 Å². The highest BCUT2D eigenvalue weighted by Crippen LogP contribution is 2.36. The van der Waals surface area contributed by atoms with Crippen LogP contribution in [-0.4, -0.2) is 74.0 Å². The van der Waals surface area contributed by atoms with Crippen LogP contribution in [0.5, 0.6) is 17.4 Å². The summed E-state index contributed by atoms with van der Waals surface area (Å²) in [5, 5.41) is 4.65. The number of rotatable bonds is 7. The van der Waals surface area contributed by atoms with E-state index >= 15 is 0 Å². The molecule has 1 fully saturated rings. The highest BCUT2D eigenvalue weighted by atomic mass is 16.5. The Labute approximate surface area is 184 Å². The zero-order valence-corrected chi connectivity index (χ0v) is 18.5. The highest BCUT2D eigenvalue weighted by Gasteiger charge is 2.24. The maximum Gasteiger partial charge on any atom is 0.212 e. The van der Waals surface area contributed by atoms with Crippen LogP contribution in [0, 0.1) is 6.92 Å². The number of benzene rings is 1. The average molecular weight is 425 g/mol. The van der Waals surface area contributed by atoms with Crippen LogP contribution in [0.25, 0.3) is 0 Å². The van der Waals surface area contributed by atoms with Gasteiger partial charge in [0.15, 0.2) is 11.5 Å². The molecule has 0 amide bonds. The number of hydrogen-bond acceptors (Lipinski definition) is 8. The maximum atomic E-state index is 6.08. The minimum absolute atomic E-state index is 0.381. The molecule has 0 aliphatic carbocycles. The molecule has 0 N–H and O–H groups in total. The summed E-state index contributed by atoms with van der Waals surface area (Å²) in [5.74, 6) is 1.91. The molecule has 1 radical (unpaired) electrons. The van der Waals surface area contributed by atoms with Crippen molar-refractivity contribution in [3.63, 3.8) is 0 Å². The van der Waals surface area contributed by atoms with Gasteiger partial charge in [-0.2, -0.15) is 0 Å². The Hall–Kier alpha value is -2.97. The number of hydrogen-bond donors (Lipinski definition) is 0. The third kappa shape index (κ3) is 4.86. The van der Waals surface area contributed by atoms with Crippen molar-refractivity contribution in [3.8, 4) is 17.4 Å². The summed E-state index contributed by atoms with van der Waals surface area (Å²) in [6.07, 6.45) is 5.96. The summed E-state index contributed by atoms with van der Waals surface area (Å²) in [4.78, 5) is 8.77. The third-order valence-corrected chi connectivity index (χ3v) is 5.63. The van der Waals surface area contributed by atoms with Crippen LogP contribution in [0.15, 0.2) is 42.9 Å². The fourth-order valence-corrected chi connectivity index (χ4v) is 3.71. The average Bonchev–Trinajstić information content (AvgIpc) is 3.28. The zero-order valence-electron chi connectivity index (χ0n) is 18.5. The lowest BCUT2D eigenvalue weighted by molar-refractivity contribution is -0.00808. The van der Waals surface area contributed by atoms with E-state index in [2.05, 4.69) is 51.2 Å². The van der Waals surface area contributed by atoms with Gasteiger partial charge in [0.1, 0.15) is 13.3 Å². The van der Waals surface area contributed by atoms with E-state index in [9.17, 15) is 0 Å². The lowest BCUT2D eigenvalue weighted by Gasteiger charge is -2.38. The monoisotopic (exact) mass is 424 g/mol. The van der Waals surface area contributed by atoms with Crippen LogP contribution in [0.2, 0.25) is 0 Å². The van der Waals surface area contributed by atoms with Gasteiger partial charge in [0.05, 0.1) is 14.2 Å². The predicted molar refractivity (Wildman–Crippen MR) is 120 cm³/mol. The molecule has 165 valence electrons. The number of nitrogens with zero attached hydrogens (tertiary/aromatic N) is 5. The Kier molecular flexibility index (Phi) is 6.48. The fraction of sp³-hybridized carbons (Fsp3) is 0.391. The summed E-state index contributed by atoms with van der Waals surface area (Å²) >= 11 is 0. The first-order chi connectivity index (χ1) is 15.1. The van der Waals surface area contributed by atoms with Gasteiger partial charge in [-0.15, -0.1) is 0 Å². The second-order valence-corrected chi connectivity index (χ2v) is 7.74. The van der Waals surface area contributed by atoms with E-state index in [-0.39, 0.29) is 0 Å². The van der Waals surface area contributed by atoms with Crippen molar-refractivity contribution in [2.75, 3.05) is 59.0 Å². The van der Waals surface area contributed by atoms with E-state index < -0.39 is 0 Å². The molecule has 0 atom stereocenters. The van der Waals surface area contributed by atoms with Crippen LogP contribution in [-0.2, 0) is 6.61 Å².